The minimum Gasteiger partial charge on any atom is -0.383 e. The fourth-order valence-electron chi connectivity index (χ4n) is 3.30. The van der Waals surface area contributed by atoms with E-state index in [1.165, 1.54) is 6.33 Å². The van der Waals surface area contributed by atoms with Gasteiger partial charge in [-0.1, -0.05) is 38.1 Å². The molecule has 1 unspecified atom stereocenters. The van der Waals surface area contributed by atoms with Crippen molar-refractivity contribution in [3.63, 3.8) is 0 Å². The molecule has 1 atom stereocenters. The summed E-state index contributed by atoms with van der Waals surface area (Å²) in [5.41, 5.74) is 8.55. The Morgan fingerprint density at radius 3 is 2.21 bits per heavy atom. The van der Waals surface area contributed by atoms with Crippen molar-refractivity contribution in [3.8, 4) is 0 Å². The van der Waals surface area contributed by atoms with Crippen molar-refractivity contribution < 1.29 is 13.5 Å². The van der Waals surface area contributed by atoms with Crippen molar-refractivity contribution in [2.75, 3.05) is 35.0 Å². The largest absolute Gasteiger partial charge is 0.383 e. The van der Waals surface area contributed by atoms with Crippen LogP contribution in [0.1, 0.15) is 37.7 Å². The monoisotopic (exact) mass is 548 g/mol. The van der Waals surface area contributed by atoms with Gasteiger partial charge >= 0.3 is 0 Å². The maximum Gasteiger partial charge on any atom is 0.211 e. The molecule has 0 fully saturated rings. The lowest BCUT2D eigenvalue weighted by atomic mass is 9.93. The van der Waals surface area contributed by atoms with E-state index in [1.807, 2.05) is 13.1 Å². The highest BCUT2D eigenvalue weighted by Gasteiger charge is 2.19. The molecule has 0 aliphatic rings. The van der Waals surface area contributed by atoms with Crippen LogP contribution in [0, 0.1) is 5.41 Å². The summed E-state index contributed by atoms with van der Waals surface area (Å²) >= 11 is 0. The second kappa shape index (κ2) is 12.8. The van der Waals surface area contributed by atoms with E-state index in [0.29, 0.717) is 39.6 Å². The van der Waals surface area contributed by atoms with Crippen LogP contribution in [0.3, 0.4) is 0 Å². The Morgan fingerprint density at radius 2 is 1.69 bits per heavy atom. The van der Waals surface area contributed by atoms with Gasteiger partial charge in [0.2, 0.25) is 6.41 Å². The third-order valence-electron chi connectivity index (χ3n) is 5.48. The Kier molecular flexibility index (Phi) is 9.50. The van der Waals surface area contributed by atoms with Gasteiger partial charge in [-0.15, -0.1) is 0 Å². The summed E-state index contributed by atoms with van der Waals surface area (Å²) in [6.07, 6.45) is 3.52. The van der Waals surface area contributed by atoms with Crippen LogP contribution >= 0.6 is 0 Å². The van der Waals surface area contributed by atoms with Crippen LogP contribution in [-0.2, 0) is 21.0 Å². The number of benzene rings is 2. The van der Waals surface area contributed by atoms with Crippen molar-refractivity contribution in [2.45, 2.75) is 31.1 Å². The predicted octanol–water partition coefficient (Wildman–Crippen LogP) is 4.54. The second-order valence-electron chi connectivity index (χ2n) is 9.38. The minimum atomic E-state index is -1.09. The van der Waals surface area contributed by atoms with E-state index in [-0.39, 0.29) is 16.9 Å². The van der Waals surface area contributed by atoms with Crippen LogP contribution in [-0.4, -0.2) is 44.8 Å². The van der Waals surface area contributed by atoms with Gasteiger partial charge in [0.1, 0.15) is 23.7 Å². The average molecular weight is 549 g/mol. The van der Waals surface area contributed by atoms with Crippen molar-refractivity contribution in [1.82, 2.24) is 15.1 Å². The highest BCUT2D eigenvalue weighted by molar-refractivity contribution is 7.84. The lowest BCUT2D eigenvalue weighted by Crippen LogP contribution is -2.12. The van der Waals surface area contributed by atoms with E-state index >= 15 is 0 Å². The summed E-state index contributed by atoms with van der Waals surface area (Å²) in [7, 11) is 0.731. The van der Waals surface area contributed by atoms with Crippen LogP contribution < -0.4 is 21.7 Å². The Labute approximate surface area is 229 Å². The fourth-order valence-corrected chi connectivity index (χ4v) is 3.82. The van der Waals surface area contributed by atoms with Gasteiger partial charge in [0.05, 0.1) is 11.3 Å². The van der Waals surface area contributed by atoms with Gasteiger partial charge in [-0.3, -0.25) is 14.4 Å². The van der Waals surface area contributed by atoms with Crippen LogP contribution in [0.25, 0.3) is 0 Å². The normalized spacial score (nSPS) is 11.5. The SMILES string of the molecule is CNc1cc(C(C)(C)C)on1.CS(=O)c1ccc(C(=N)c2c(N)ncnc2Nc2ccc(NC=O)cc2)cc1. The lowest BCUT2D eigenvalue weighted by molar-refractivity contribution is -0.105. The number of anilines is 5. The van der Waals surface area contributed by atoms with Gasteiger partial charge in [0.25, 0.3) is 0 Å². The minimum absolute atomic E-state index is 0.0437. The van der Waals surface area contributed by atoms with Gasteiger partial charge < -0.3 is 26.2 Å². The number of carbonyl (C=O) groups excluding carboxylic acids is 1. The molecule has 11 nitrogen and oxygen atoms in total. The predicted molar refractivity (Wildman–Crippen MR) is 155 cm³/mol. The second-order valence-corrected chi connectivity index (χ2v) is 10.8. The van der Waals surface area contributed by atoms with Crippen molar-refractivity contribution in [3.05, 3.63) is 77.8 Å². The standard InChI is InChI=1S/C19H18N6O2S.C8H14N2O/c1-28(27)15-8-2-12(3-9-15)17(20)16-18(21)22-10-23-19(16)25-14-6-4-13(5-7-14)24-11-26;1-8(2,3)6-5-7(9-4)10-11-6/h2-11,20H,1H3,(H,24,26)(H3,21,22,23,25);5H,1-4H3,(H,9,10). The molecule has 39 heavy (non-hydrogen) atoms. The molecule has 12 heteroatoms. The molecule has 0 bridgehead atoms. The highest BCUT2D eigenvalue weighted by atomic mass is 32.2. The summed E-state index contributed by atoms with van der Waals surface area (Å²) in [5.74, 6) is 2.25. The maximum atomic E-state index is 11.6. The number of amides is 1. The van der Waals surface area contributed by atoms with Crippen LogP contribution in [0.2, 0.25) is 0 Å². The number of hydrogen-bond donors (Lipinski definition) is 5. The first-order valence-corrected chi connectivity index (χ1v) is 13.4. The third kappa shape index (κ3) is 7.71. The van der Waals surface area contributed by atoms with E-state index < -0.39 is 10.8 Å². The average Bonchev–Trinajstić information content (AvgIpc) is 3.41. The summed E-state index contributed by atoms with van der Waals surface area (Å²) in [4.78, 5) is 19.4. The molecule has 2 heterocycles. The molecule has 0 saturated heterocycles. The molecule has 2 aromatic carbocycles. The quantitative estimate of drug-likeness (QED) is 0.156. The molecule has 0 spiro atoms. The first-order chi connectivity index (χ1) is 18.5. The third-order valence-corrected chi connectivity index (χ3v) is 6.42. The Bertz CT molecular complexity index is 1450. The number of nitrogens with zero attached hydrogens (tertiary/aromatic N) is 3. The molecule has 0 radical (unpaired) electrons. The summed E-state index contributed by atoms with van der Waals surface area (Å²) < 4.78 is 16.7. The molecule has 4 aromatic rings. The Hall–Kier alpha value is -4.58. The number of carbonyl (C=O) groups is 1. The maximum absolute atomic E-state index is 11.6. The summed E-state index contributed by atoms with van der Waals surface area (Å²) in [6, 6.07) is 15.8. The molecule has 0 aliphatic carbocycles. The van der Waals surface area contributed by atoms with Gasteiger partial charge in [-0.2, -0.15) is 0 Å². The summed E-state index contributed by atoms with van der Waals surface area (Å²) in [6.45, 7) is 6.27. The number of aromatic nitrogens is 3. The Morgan fingerprint density at radius 1 is 1.05 bits per heavy atom. The topological polar surface area (TPSA) is 172 Å². The van der Waals surface area contributed by atoms with Crippen molar-refractivity contribution >= 4 is 51.7 Å². The van der Waals surface area contributed by atoms with E-state index in [2.05, 4.69) is 51.8 Å². The van der Waals surface area contributed by atoms with E-state index in [4.69, 9.17) is 15.7 Å². The first kappa shape index (κ1) is 29.0. The zero-order valence-corrected chi connectivity index (χ0v) is 23.2. The van der Waals surface area contributed by atoms with E-state index in [0.717, 1.165) is 11.6 Å². The summed E-state index contributed by atoms with van der Waals surface area (Å²) in [5, 5.41) is 21.0. The van der Waals surface area contributed by atoms with Crippen LogP contribution in [0.4, 0.5) is 28.8 Å². The molecule has 204 valence electrons. The molecule has 0 saturated carbocycles. The number of hydrogen-bond acceptors (Lipinski definition) is 10. The molecule has 0 aliphatic heterocycles. The fraction of sp³-hybridized carbons (Fsp3) is 0.222. The van der Waals surface area contributed by atoms with Gasteiger partial charge in [-0.05, 0) is 36.4 Å². The molecule has 1 amide bonds. The van der Waals surface area contributed by atoms with Crippen LogP contribution in [0.5, 0.6) is 0 Å². The van der Waals surface area contributed by atoms with Crippen molar-refractivity contribution in [2.24, 2.45) is 0 Å². The van der Waals surface area contributed by atoms with Gasteiger partial charge in [0, 0.05) is 57.4 Å². The zero-order chi connectivity index (χ0) is 28.6. The molecular weight excluding hydrogens is 516 g/mol. The Balaban J connectivity index is 0.000000320. The zero-order valence-electron chi connectivity index (χ0n) is 22.4. The van der Waals surface area contributed by atoms with Crippen molar-refractivity contribution in [1.29, 1.82) is 5.41 Å². The number of nitrogens with two attached hydrogens (primary N) is 1. The molecular formula is C27H32N8O3S. The van der Waals surface area contributed by atoms with Crippen LogP contribution in [0.15, 0.2) is 70.3 Å². The van der Waals surface area contributed by atoms with Gasteiger partial charge in [-0.25, -0.2) is 9.97 Å². The van der Waals surface area contributed by atoms with E-state index in [1.54, 1.807) is 54.8 Å². The number of nitrogens with one attached hydrogen (secondary N) is 4. The smallest absolute Gasteiger partial charge is 0.211 e. The number of rotatable bonds is 8. The molecule has 4 rings (SSSR count). The highest BCUT2D eigenvalue weighted by Crippen LogP contribution is 2.26. The van der Waals surface area contributed by atoms with E-state index in [9.17, 15) is 9.00 Å². The molecule has 6 N–H and O–H groups in total. The first-order valence-electron chi connectivity index (χ1n) is 11.9. The molecule has 2 aromatic heterocycles. The van der Waals surface area contributed by atoms with Gasteiger partial charge in [0.15, 0.2) is 5.82 Å². The lowest BCUT2D eigenvalue weighted by Gasteiger charge is -2.14. The number of nitrogen functional groups attached to an aromatic ring is 1.